The van der Waals surface area contributed by atoms with E-state index >= 15 is 0 Å². The number of nitrogens with one attached hydrogen (secondary N) is 1. The van der Waals surface area contributed by atoms with Crippen LogP contribution in [0.3, 0.4) is 0 Å². The van der Waals surface area contributed by atoms with Crippen molar-refractivity contribution >= 4 is 16.7 Å². The first kappa shape index (κ1) is 14.6. The second-order valence-electron chi connectivity index (χ2n) is 5.06. The predicted molar refractivity (Wildman–Crippen MR) is 71.1 cm³/mol. The van der Waals surface area contributed by atoms with Crippen LogP contribution in [0.15, 0.2) is 0 Å². The van der Waals surface area contributed by atoms with E-state index in [0.29, 0.717) is 5.75 Å². The van der Waals surface area contributed by atoms with Gasteiger partial charge >= 0.3 is 0 Å². The van der Waals surface area contributed by atoms with Crippen molar-refractivity contribution in [2.24, 2.45) is 11.7 Å². The molecule has 4 atom stereocenters. The molecule has 0 saturated heterocycles. The molecule has 1 rings (SSSR count). The maximum absolute atomic E-state index is 12.1. The molecule has 1 aliphatic rings. The number of hydrogen-bond donors (Lipinski definition) is 2. The number of amides is 1. The van der Waals surface area contributed by atoms with E-state index in [1.54, 1.807) is 6.26 Å². The number of carbonyl (C=O) groups excluding carboxylic acids is 1. The molecule has 3 N–H and O–H groups in total. The molecule has 4 nitrogen and oxygen atoms in total. The smallest absolute Gasteiger partial charge is 0.224 e. The van der Waals surface area contributed by atoms with Crippen molar-refractivity contribution in [2.75, 3.05) is 12.0 Å². The van der Waals surface area contributed by atoms with Crippen molar-refractivity contribution < 1.29 is 9.00 Å². The van der Waals surface area contributed by atoms with Gasteiger partial charge in [0.05, 0.1) is 5.92 Å². The Hall–Kier alpha value is -0.420. The fourth-order valence-corrected chi connectivity index (χ4v) is 3.19. The molecular formula is C12H24N2O2S. The fraction of sp³-hybridized carbons (Fsp3) is 0.917. The van der Waals surface area contributed by atoms with Gasteiger partial charge in [-0.25, -0.2) is 0 Å². The number of rotatable bonds is 4. The molecule has 0 spiro atoms. The third-order valence-corrected chi connectivity index (χ3v) is 4.25. The molecular weight excluding hydrogens is 236 g/mol. The third kappa shape index (κ3) is 5.17. The van der Waals surface area contributed by atoms with Gasteiger partial charge in [-0.05, 0) is 19.8 Å². The van der Waals surface area contributed by atoms with E-state index < -0.39 is 10.8 Å². The largest absolute Gasteiger partial charge is 0.352 e. The van der Waals surface area contributed by atoms with E-state index in [0.717, 1.165) is 25.7 Å². The Labute approximate surface area is 106 Å². The molecule has 5 heteroatoms. The molecule has 100 valence electrons. The van der Waals surface area contributed by atoms with E-state index in [9.17, 15) is 9.00 Å². The van der Waals surface area contributed by atoms with Crippen molar-refractivity contribution in [3.05, 3.63) is 0 Å². The number of hydrogen-bond acceptors (Lipinski definition) is 3. The summed E-state index contributed by atoms with van der Waals surface area (Å²) in [7, 11) is -0.875. The molecule has 4 unspecified atom stereocenters. The van der Waals surface area contributed by atoms with Crippen LogP contribution in [-0.2, 0) is 15.6 Å². The Balaban J connectivity index is 2.47. The highest BCUT2D eigenvalue weighted by molar-refractivity contribution is 7.84. The van der Waals surface area contributed by atoms with Gasteiger partial charge in [-0.1, -0.05) is 19.3 Å². The summed E-state index contributed by atoms with van der Waals surface area (Å²) in [5.41, 5.74) is 6.04. The quantitative estimate of drug-likeness (QED) is 0.734. The summed E-state index contributed by atoms with van der Waals surface area (Å²) < 4.78 is 11.1. The topological polar surface area (TPSA) is 72.2 Å². The molecule has 1 aliphatic carbocycles. The van der Waals surface area contributed by atoms with Crippen LogP contribution < -0.4 is 11.1 Å². The second-order valence-corrected chi connectivity index (χ2v) is 6.54. The van der Waals surface area contributed by atoms with Gasteiger partial charge in [-0.3, -0.25) is 9.00 Å². The Morgan fingerprint density at radius 1 is 1.41 bits per heavy atom. The Morgan fingerprint density at radius 3 is 2.71 bits per heavy atom. The van der Waals surface area contributed by atoms with Gasteiger partial charge in [-0.2, -0.15) is 0 Å². The summed E-state index contributed by atoms with van der Waals surface area (Å²) in [5.74, 6) is 0.482. The fourth-order valence-electron chi connectivity index (χ4n) is 2.41. The van der Waals surface area contributed by atoms with Crippen molar-refractivity contribution in [3.8, 4) is 0 Å². The molecule has 1 saturated carbocycles. The highest BCUT2D eigenvalue weighted by Gasteiger charge is 2.27. The van der Waals surface area contributed by atoms with E-state index in [1.165, 1.54) is 6.42 Å². The number of nitrogens with two attached hydrogens (primary N) is 1. The van der Waals surface area contributed by atoms with Crippen LogP contribution >= 0.6 is 0 Å². The summed E-state index contributed by atoms with van der Waals surface area (Å²) in [5, 5.41) is 2.93. The summed E-state index contributed by atoms with van der Waals surface area (Å²) in [4.78, 5) is 12.1. The van der Waals surface area contributed by atoms with Gasteiger partial charge in [0.25, 0.3) is 0 Å². The van der Waals surface area contributed by atoms with E-state index in [-0.39, 0.29) is 23.9 Å². The maximum Gasteiger partial charge on any atom is 0.224 e. The van der Waals surface area contributed by atoms with Crippen LogP contribution in [0.1, 0.15) is 39.0 Å². The van der Waals surface area contributed by atoms with Gasteiger partial charge in [0.2, 0.25) is 5.91 Å². The van der Waals surface area contributed by atoms with Gasteiger partial charge in [-0.15, -0.1) is 0 Å². The highest BCUT2D eigenvalue weighted by Crippen LogP contribution is 2.22. The first-order chi connectivity index (χ1) is 8.00. The minimum atomic E-state index is -0.875. The van der Waals surface area contributed by atoms with Crippen molar-refractivity contribution in [2.45, 2.75) is 51.1 Å². The highest BCUT2D eigenvalue weighted by atomic mass is 32.2. The average Bonchev–Trinajstić information content (AvgIpc) is 2.41. The van der Waals surface area contributed by atoms with Crippen molar-refractivity contribution in [1.82, 2.24) is 5.32 Å². The first-order valence-electron chi connectivity index (χ1n) is 6.36. The second kappa shape index (κ2) is 7.11. The van der Waals surface area contributed by atoms with E-state index in [4.69, 9.17) is 5.73 Å². The van der Waals surface area contributed by atoms with Crippen LogP contribution in [0, 0.1) is 5.92 Å². The van der Waals surface area contributed by atoms with Crippen molar-refractivity contribution in [3.63, 3.8) is 0 Å². The first-order valence-corrected chi connectivity index (χ1v) is 8.09. The zero-order valence-electron chi connectivity index (χ0n) is 10.8. The normalized spacial score (nSPS) is 29.1. The maximum atomic E-state index is 12.1. The lowest BCUT2D eigenvalue weighted by Crippen LogP contribution is -2.45. The van der Waals surface area contributed by atoms with Crippen LogP contribution in [-0.4, -0.2) is 34.2 Å². The monoisotopic (exact) mass is 260 g/mol. The van der Waals surface area contributed by atoms with Gasteiger partial charge in [0, 0.05) is 34.9 Å². The van der Waals surface area contributed by atoms with Gasteiger partial charge < -0.3 is 11.1 Å². The Kier molecular flexibility index (Phi) is 6.12. The molecule has 0 aliphatic heterocycles. The molecule has 1 amide bonds. The van der Waals surface area contributed by atoms with Gasteiger partial charge in [0.1, 0.15) is 0 Å². The van der Waals surface area contributed by atoms with Crippen LogP contribution in [0.4, 0.5) is 0 Å². The summed E-state index contributed by atoms with van der Waals surface area (Å²) in [6, 6.07) is -0.0550. The molecule has 0 aromatic rings. The van der Waals surface area contributed by atoms with Gasteiger partial charge in [0.15, 0.2) is 0 Å². The summed E-state index contributed by atoms with van der Waals surface area (Å²) in [6.07, 6.45) is 6.85. The zero-order chi connectivity index (χ0) is 12.8. The molecule has 0 aromatic heterocycles. The van der Waals surface area contributed by atoms with Crippen LogP contribution in [0.25, 0.3) is 0 Å². The third-order valence-electron chi connectivity index (χ3n) is 3.28. The lowest BCUT2D eigenvalue weighted by molar-refractivity contribution is -0.126. The average molecular weight is 260 g/mol. The molecule has 0 bridgehead atoms. The minimum Gasteiger partial charge on any atom is -0.352 e. The summed E-state index contributed by atoms with van der Waals surface area (Å²) in [6.45, 7) is 1.89. The van der Waals surface area contributed by atoms with Crippen LogP contribution in [0.2, 0.25) is 0 Å². The lowest BCUT2D eigenvalue weighted by atomic mass is 9.94. The van der Waals surface area contributed by atoms with E-state index in [1.807, 2.05) is 6.92 Å². The Morgan fingerprint density at radius 2 is 2.06 bits per heavy atom. The molecule has 17 heavy (non-hydrogen) atoms. The van der Waals surface area contributed by atoms with Crippen LogP contribution in [0.5, 0.6) is 0 Å². The molecule has 1 fully saturated rings. The van der Waals surface area contributed by atoms with Crippen molar-refractivity contribution in [1.29, 1.82) is 0 Å². The SMILES string of the molecule is CC(CS(C)=O)NC(=O)C1CCCCCC1N. The summed E-state index contributed by atoms with van der Waals surface area (Å²) >= 11 is 0. The zero-order valence-corrected chi connectivity index (χ0v) is 11.6. The Bertz CT molecular complexity index is 284. The predicted octanol–water partition coefficient (Wildman–Crippen LogP) is 0.777. The molecule has 0 radical (unpaired) electrons. The molecule has 0 heterocycles. The lowest BCUT2D eigenvalue weighted by Gasteiger charge is -2.22. The standard InChI is InChI=1S/C12H24N2O2S/c1-9(8-17(2)16)14-12(15)10-6-4-3-5-7-11(10)13/h9-11H,3-8,13H2,1-2H3,(H,14,15). The number of carbonyl (C=O) groups is 1. The van der Waals surface area contributed by atoms with E-state index in [2.05, 4.69) is 5.32 Å². The minimum absolute atomic E-state index is 0.0168. The molecule has 0 aromatic carbocycles.